The number of hydrogen-bond donors (Lipinski definition) is 1. The molecule has 2 rings (SSSR count). The summed E-state index contributed by atoms with van der Waals surface area (Å²) in [6.07, 6.45) is 5.05. The van der Waals surface area contributed by atoms with Gasteiger partial charge in [-0.1, -0.05) is 6.07 Å². The highest BCUT2D eigenvalue weighted by atomic mass is 14.6. The lowest BCUT2D eigenvalue weighted by Crippen LogP contribution is -2.09. The molecule has 1 aromatic rings. The summed E-state index contributed by atoms with van der Waals surface area (Å²) in [5.41, 5.74) is 12.8. The molecule has 0 unspecified atom stereocenters. The van der Waals surface area contributed by atoms with Crippen LogP contribution in [0, 0.1) is 13.8 Å². The van der Waals surface area contributed by atoms with Crippen molar-refractivity contribution in [1.82, 2.24) is 0 Å². The predicted octanol–water partition coefficient (Wildman–Crippen LogP) is 2.76. The number of fused-ring (bicyclic) bond motifs is 1. The molecule has 13 heavy (non-hydrogen) atoms. The molecule has 2 N–H and O–H groups in total. The lowest BCUT2D eigenvalue weighted by molar-refractivity contribution is 0.683. The summed E-state index contributed by atoms with van der Waals surface area (Å²) in [4.78, 5) is 0. The van der Waals surface area contributed by atoms with Crippen molar-refractivity contribution in [2.45, 2.75) is 39.5 Å². The van der Waals surface area contributed by atoms with Gasteiger partial charge in [-0.3, -0.25) is 0 Å². The molecule has 70 valence electrons. The number of benzene rings is 1. The first kappa shape index (κ1) is 8.61. The van der Waals surface area contributed by atoms with E-state index in [9.17, 15) is 0 Å². The highest BCUT2D eigenvalue weighted by molar-refractivity contribution is 5.59. The van der Waals surface area contributed by atoms with Gasteiger partial charge in [-0.2, -0.15) is 0 Å². The molecule has 1 aromatic carbocycles. The van der Waals surface area contributed by atoms with Gasteiger partial charge in [0.1, 0.15) is 0 Å². The van der Waals surface area contributed by atoms with Crippen molar-refractivity contribution in [2.75, 3.05) is 5.73 Å². The summed E-state index contributed by atoms with van der Waals surface area (Å²) in [6.45, 7) is 4.31. The molecule has 0 aromatic heterocycles. The number of rotatable bonds is 0. The van der Waals surface area contributed by atoms with Crippen LogP contribution in [0.2, 0.25) is 0 Å². The molecular weight excluding hydrogens is 158 g/mol. The second kappa shape index (κ2) is 3.06. The van der Waals surface area contributed by atoms with E-state index in [2.05, 4.69) is 19.9 Å². The maximum absolute atomic E-state index is 6.07. The highest BCUT2D eigenvalue weighted by Gasteiger charge is 2.15. The second-order valence-corrected chi connectivity index (χ2v) is 4.09. The molecule has 1 nitrogen and oxygen atoms in total. The van der Waals surface area contributed by atoms with E-state index in [-0.39, 0.29) is 0 Å². The Bertz CT molecular complexity index is 339. The Labute approximate surface area is 80.0 Å². The SMILES string of the molecule is Cc1cc(C)c2c(c1N)CCCC2. The Hall–Kier alpha value is -0.980. The lowest BCUT2D eigenvalue weighted by Gasteiger charge is -2.21. The van der Waals surface area contributed by atoms with Crippen LogP contribution in [0.5, 0.6) is 0 Å². The average molecular weight is 175 g/mol. The van der Waals surface area contributed by atoms with Gasteiger partial charge in [-0.25, -0.2) is 0 Å². The van der Waals surface area contributed by atoms with Crippen molar-refractivity contribution in [1.29, 1.82) is 0 Å². The molecule has 0 spiro atoms. The average Bonchev–Trinajstić information content (AvgIpc) is 2.15. The predicted molar refractivity (Wildman–Crippen MR) is 57.0 cm³/mol. The molecule has 0 aliphatic heterocycles. The van der Waals surface area contributed by atoms with Crippen LogP contribution in [0.15, 0.2) is 6.07 Å². The molecule has 1 aliphatic carbocycles. The molecule has 0 heterocycles. The third-order valence-corrected chi connectivity index (χ3v) is 3.13. The normalized spacial score (nSPS) is 15.5. The van der Waals surface area contributed by atoms with Crippen LogP contribution in [0.3, 0.4) is 0 Å². The Morgan fingerprint density at radius 2 is 1.62 bits per heavy atom. The van der Waals surface area contributed by atoms with Gasteiger partial charge in [0.2, 0.25) is 0 Å². The molecule has 0 fully saturated rings. The Morgan fingerprint density at radius 1 is 1.00 bits per heavy atom. The van der Waals surface area contributed by atoms with Crippen LogP contribution in [-0.4, -0.2) is 0 Å². The number of anilines is 1. The quantitative estimate of drug-likeness (QED) is 0.603. The Balaban J connectivity index is 2.63. The zero-order valence-corrected chi connectivity index (χ0v) is 8.48. The van der Waals surface area contributed by atoms with Gasteiger partial charge in [0, 0.05) is 5.69 Å². The third-order valence-electron chi connectivity index (χ3n) is 3.13. The fourth-order valence-corrected chi connectivity index (χ4v) is 2.37. The zero-order chi connectivity index (χ0) is 9.42. The van der Waals surface area contributed by atoms with Crippen LogP contribution < -0.4 is 5.73 Å². The largest absolute Gasteiger partial charge is 0.398 e. The Kier molecular flexibility index (Phi) is 2.03. The van der Waals surface area contributed by atoms with Crippen molar-refractivity contribution in [3.8, 4) is 0 Å². The molecule has 0 atom stereocenters. The fraction of sp³-hybridized carbons (Fsp3) is 0.500. The number of nitrogen functional groups attached to an aromatic ring is 1. The van der Waals surface area contributed by atoms with Gasteiger partial charge in [0.15, 0.2) is 0 Å². The second-order valence-electron chi connectivity index (χ2n) is 4.09. The van der Waals surface area contributed by atoms with Crippen molar-refractivity contribution in [2.24, 2.45) is 0 Å². The highest BCUT2D eigenvalue weighted by Crippen LogP contribution is 2.31. The van der Waals surface area contributed by atoms with Gasteiger partial charge in [-0.05, 0) is 61.8 Å². The summed E-state index contributed by atoms with van der Waals surface area (Å²) in [6, 6.07) is 2.22. The maximum atomic E-state index is 6.07. The van der Waals surface area contributed by atoms with E-state index < -0.39 is 0 Å². The van der Waals surface area contributed by atoms with Gasteiger partial charge in [0.25, 0.3) is 0 Å². The topological polar surface area (TPSA) is 26.0 Å². The molecule has 0 bridgehead atoms. The van der Waals surface area contributed by atoms with Gasteiger partial charge >= 0.3 is 0 Å². The number of hydrogen-bond acceptors (Lipinski definition) is 1. The molecule has 0 saturated heterocycles. The van der Waals surface area contributed by atoms with E-state index in [1.54, 1.807) is 0 Å². The van der Waals surface area contributed by atoms with Crippen LogP contribution in [0.25, 0.3) is 0 Å². The van der Waals surface area contributed by atoms with Gasteiger partial charge in [0.05, 0.1) is 0 Å². The van der Waals surface area contributed by atoms with E-state index in [4.69, 9.17) is 5.73 Å². The number of aryl methyl sites for hydroxylation is 2. The van der Waals surface area contributed by atoms with Gasteiger partial charge < -0.3 is 5.73 Å². The van der Waals surface area contributed by atoms with Crippen molar-refractivity contribution < 1.29 is 0 Å². The van der Waals surface area contributed by atoms with Crippen molar-refractivity contribution in [3.63, 3.8) is 0 Å². The monoisotopic (exact) mass is 175 g/mol. The smallest absolute Gasteiger partial charge is 0.0379 e. The van der Waals surface area contributed by atoms with E-state index >= 15 is 0 Å². The summed E-state index contributed by atoms with van der Waals surface area (Å²) in [5, 5.41) is 0. The van der Waals surface area contributed by atoms with Crippen molar-refractivity contribution in [3.05, 3.63) is 28.3 Å². The van der Waals surface area contributed by atoms with Crippen LogP contribution >= 0.6 is 0 Å². The molecule has 0 radical (unpaired) electrons. The minimum absolute atomic E-state index is 1.04. The van der Waals surface area contributed by atoms with E-state index in [0.717, 1.165) is 5.69 Å². The van der Waals surface area contributed by atoms with Crippen LogP contribution in [0.1, 0.15) is 35.1 Å². The van der Waals surface area contributed by atoms with Crippen molar-refractivity contribution >= 4 is 5.69 Å². The van der Waals surface area contributed by atoms with Crippen LogP contribution in [0.4, 0.5) is 5.69 Å². The first-order valence-corrected chi connectivity index (χ1v) is 5.07. The van der Waals surface area contributed by atoms with E-state index in [1.165, 1.54) is 47.9 Å². The minimum Gasteiger partial charge on any atom is -0.398 e. The summed E-state index contributed by atoms with van der Waals surface area (Å²) >= 11 is 0. The van der Waals surface area contributed by atoms with E-state index in [1.807, 2.05) is 0 Å². The van der Waals surface area contributed by atoms with Gasteiger partial charge in [-0.15, -0.1) is 0 Å². The Morgan fingerprint density at radius 3 is 2.31 bits per heavy atom. The lowest BCUT2D eigenvalue weighted by atomic mass is 9.86. The third kappa shape index (κ3) is 1.32. The maximum Gasteiger partial charge on any atom is 0.0379 e. The molecule has 0 amide bonds. The summed E-state index contributed by atoms with van der Waals surface area (Å²) < 4.78 is 0. The molecule has 1 heteroatoms. The zero-order valence-electron chi connectivity index (χ0n) is 8.48. The molecular formula is C12H17N. The first-order valence-electron chi connectivity index (χ1n) is 5.07. The molecule has 1 aliphatic rings. The minimum atomic E-state index is 1.04. The van der Waals surface area contributed by atoms with Crippen LogP contribution in [-0.2, 0) is 12.8 Å². The standard InChI is InChI=1S/C12H17N/c1-8-7-9(2)12(13)11-6-4-3-5-10(8)11/h7H,3-6,13H2,1-2H3. The summed E-state index contributed by atoms with van der Waals surface area (Å²) in [7, 11) is 0. The number of nitrogens with two attached hydrogens (primary N) is 1. The van der Waals surface area contributed by atoms with E-state index in [0.29, 0.717) is 0 Å². The first-order chi connectivity index (χ1) is 6.20. The molecule has 0 saturated carbocycles. The fourth-order valence-electron chi connectivity index (χ4n) is 2.37. The summed E-state index contributed by atoms with van der Waals surface area (Å²) in [5.74, 6) is 0.